The molecule has 0 aliphatic rings. The Hall–Kier alpha value is -1.29. The summed E-state index contributed by atoms with van der Waals surface area (Å²) < 4.78 is 4.98. The van der Waals surface area contributed by atoms with Crippen molar-refractivity contribution in [2.75, 3.05) is 12.4 Å². The topological polar surface area (TPSA) is 46.5 Å². The zero-order chi connectivity index (χ0) is 12.0. The van der Waals surface area contributed by atoms with Crippen molar-refractivity contribution in [3.8, 4) is 11.5 Å². The molecular weight excluding hydrogens is 272 g/mol. The maximum Gasteiger partial charge on any atom is 0.168 e. The highest BCUT2D eigenvalue weighted by Crippen LogP contribution is 2.30. The second-order valence-electron chi connectivity index (χ2n) is 3.16. The summed E-state index contributed by atoms with van der Waals surface area (Å²) in [6.45, 7) is 0. The van der Waals surface area contributed by atoms with Crippen molar-refractivity contribution in [2.24, 2.45) is 0 Å². The quantitative estimate of drug-likeness (QED) is 0.668. The molecule has 0 unspecified atom stereocenters. The van der Waals surface area contributed by atoms with Gasteiger partial charge in [-0.3, -0.25) is 4.79 Å². The van der Waals surface area contributed by atoms with Gasteiger partial charge in [0.15, 0.2) is 17.8 Å². The van der Waals surface area contributed by atoms with Crippen LogP contribution in [0, 0.1) is 0 Å². The molecule has 1 rings (SSSR count). The summed E-state index contributed by atoms with van der Waals surface area (Å²) in [5.74, 6) is 0.193. The molecule has 0 spiro atoms. The Balaban J connectivity index is 3.07. The van der Waals surface area contributed by atoms with Crippen molar-refractivity contribution < 1.29 is 14.6 Å². The summed E-state index contributed by atoms with van der Waals surface area (Å²) >= 11 is 3.32. The highest BCUT2D eigenvalue weighted by molar-refractivity contribution is 9.09. The Bertz CT molecular complexity index is 399. The average molecular weight is 285 g/mol. The zero-order valence-electron chi connectivity index (χ0n) is 8.94. The van der Waals surface area contributed by atoms with Gasteiger partial charge in [0.2, 0.25) is 0 Å². The number of hydrogen-bond acceptors (Lipinski definition) is 3. The van der Waals surface area contributed by atoms with Crippen LogP contribution in [0.2, 0.25) is 0 Å². The standard InChI is InChI=1S/C12H13BrO3/c1-16-11-7-9(4-2-3-5-13)6-10(8-14)12(11)15/h2,4,6-8,15H,3,5H2,1H3. The van der Waals surface area contributed by atoms with Gasteiger partial charge in [0, 0.05) is 5.33 Å². The van der Waals surface area contributed by atoms with E-state index in [0.717, 1.165) is 17.3 Å². The summed E-state index contributed by atoms with van der Waals surface area (Å²) in [5, 5.41) is 10.5. The number of phenolic OH excluding ortho intramolecular Hbond substituents is 1. The Kier molecular flexibility index (Phi) is 5.05. The third-order valence-electron chi connectivity index (χ3n) is 2.06. The van der Waals surface area contributed by atoms with Crippen LogP contribution in [0.5, 0.6) is 11.5 Å². The fourth-order valence-corrected chi connectivity index (χ4v) is 1.54. The first kappa shape index (κ1) is 12.8. The number of alkyl halides is 1. The number of rotatable bonds is 5. The number of allylic oxidation sites excluding steroid dienone is 1. The van der Waals surface area contributed by atoms with Gasteiger partial charge in [0.1, 0.15) is 0 Å². The molecule has 0 aliphatic heterocycles. The lowest BCUT2D eigenvalue weighted by Gasteiger charge is -2.06. The summed E-state index contributed by atoms with van der Waals surface area (Å²) in [4.78, 5) is 10.7. The van der Waals surface area contributed by atoms with Gasteiger partial charge in [-0.1, -0.05) is 28.1 Å². The molecule has 0 fully saturated rings. The van der Waals surface area contributed by atoms with E-state index in [0.29, 0.717) is 12.0 Å². The van der Waals surface area contributed by atoms with Gasteiger partial charge in [0.05, 0.1) is 12.7 Å². The minimum Gasteiger partial charge on any atom is -0.504 e. The molecule has 0 aromatic heterocycles. The Morgan fingerprint density at radius 3 is 2.81 bits per heavy atom. The number of aldehydes is 1. The summed E-state index contributed by atoms with van der Waals surface area (Å²) in [7, 11) is 1.45. The maximum atomic E-state index is 10.7. The van der Waals surface area contributed by atoms with E-state index in [1.165, 1.54) is 7.11 Å². The molecule has 3 nitrogen and oxygen atoms in total. The van der Waals surface area contributed by atoms with Crippen molar-refractivity contribution in [3.05, 3.63) is 29.3 Å². The van der Waals surface area contributed by atoms with Crippen LogP contribution in [-0.2, 0) is 0 Å². The van der Waals surface area contributed by atoms with Gasteiger partial charge >= 0.3 is 0 Å². The fraction of sp³-hybridized carbons (Fsp3) is 0.250. The van der Waals surface area contributed by atoms with E-state index < -0.39 is 0 Å². The van der Waals surface area contributed by atoms with E-state index in [1.54, 1.807) is 12.1 Å². The zero-order valence-corrected chi connectivity index (χ0v) is 10.5. The van der Waals surface area contributed by atoms with E-state index in [2.05, 4.69) is 15.9 Å². The molecule has 0 heterocycles. The van der Waals surface area contributed by atoms with Crippen molar-refractivity contribution in [1.29, 1.82) is 0 Å². The van der Waals surface area contributed by atoms with Crippen molar-refractivity contribution in [1.82, 2.24) is 0 Å². The molecule has 0 saturated carbocycles. The molecule has 0 amide bonds. The molecular formula is C12H13BrO3. The van der Waals surface area contributed by atoms with Gasteiger partial charge in [-0.2, -0.15) is 0 Å². The fourth-order valence-electron chi connectivity index (χ4n) is 1.28. The van der Waals surface area contributed by atoms with Gasteiger partial charge in [-0.15, -0.1) is 0 Å². The van der Waals surface area contributed by atoms with Crippen molar-refractivity contribution >= 4 is 28.3 Å². The molecule has 0 bridgehead atoms. The van der Waals surface area contributed by atoms with Crippen LogP contribution in [0.1, 0.15) is 22.3 Å². The molecule has 0 atom stereocenters. The third-order valence-corrected chi connectivity index (χ3v) is 2.52. The molecule has 0 aliphatic carbocycles. The highest BCUT2D eigenvalue weighted by Gasteiger charge is 2.08. The molecule has 16 heavy (non-hydrogen) atoms. The number of halogens is 1. The van der Waals surface area contributed by atoms with Gasteiger partial charge in [-0.25, -0.2) is 0 Å². The Labute approximate surface area is 103 Å². The SMILES string of the molecule is COc1cc(C=CCCBr)cc(C=O)c1O. The number of carbonyl (C=O) groups excluding carboxylic acids is 1. The lowest BCUT2D eigenvalue weighted by Crippen LogP contribution is -1.90. The van der Waals surface area contributed by atoms with Crippen molar-refractivity contribution in [3.63, 3.8) is 0 Å². The average Bonchev–Trinajstić information content (AvgIpc) is 2.31. The van der Waals surface area contributed by atoms with Gasteiger partial charge < -0.3 is 9.84 Å². The molecule has 0 radical (unpaired) electrons. The van der Waals surface area contributed by atoms with Crippen LogP contribution in [-0.4, -0.2) is 23.8 Å². The monoisotopic (exact) mass is 284 g/mol. The van der Waals surface area contributed by atoms with E-state index >= 15 is 0 Å². The number of phenols is 1. The van der Waals surface area contributed by atoms with Crippen LogP contribution >= 0.6 is 15.9 Å². The van der Waals surface area contributed by atoms with E-state index in [9.17, 15) is 9.90 Å². The van der Waals surface area contributed by atoms with Crippen LogP contribution in [0.15, 0.2) is 18.2 Å². The lowest BCUT2D eigenvalue weighted by molar-refractivity contribution is 0.112. The minimum absolute atomic E-state index is 0.116. The highest BCUT2D eigenvalue weighted by atomic mass is 79.9. The van der Waals surface area contributed by atoms with Crippen molar-refractivity contribution in [2.45, 2.75) is 6.42 Å². The van der Waals surface area contributed by atoms with Crippen LogP contribution in [0.25, 0.3) is 6.08 Å². The number of ether oxygens (including phenoxy) is 1. The van der Waals surface area contributed by atoms with Crippen LogP contribution in [0.4, 0.5) is 0 Å². The first-order valence-corrected chi connectivity index (χ1v) is 5.93. The first-order valence-electron chi connectivity index (χ1n) is 4.81. The van der Waals surface area contributed by atoms with E-state index in [-0.39, 0.29) is 11.3 Å². The largest absolute Gasteiger partial charge is 0.504 e. The second-order valence-corrected chi connectivity index (χ2v) is 3.95. The summed E-state index contributed by atoms with van der Waals surface area (Å²) in [6, 6.07) is 3.31. The maximum absolute atomic E-state index is 10.7. The number of aromatic hydroxyl groups is 1. The molecule has 86 valence electrons. The number of benzene rings is 1. The second kappa shape index (κ2) is 6.33. The molecule has 1 N–H and O–H groups in total. The van der Waals surface area contributed by atoms with E-state index in [4.69, 9.17) is 4.74 Å². The third kappa shape index (κ3) is 3.10. The predicted molar refractivity (Wildman–Crippen MR) is 67.5 cm³/mol. The summed E-state index contributed by atoms with van der Waals surface area (Å²) in [5.41, 5.74) is 1.07. The van der Waals surface area contributed by atoms with Crippen LogP contribution < -0.4 is 4.74 Å². The smallest absolute Gasteiger partial charge is 0.168 e. The molecule has 1 aromatic carbocycles. The number of carbonyl (C=O) groups is 1. The molecule has 4 heteroatoms. The van der Waals surface area contributed by atoms with Gasteiger partial charge in [0.25, 0.3) is 0 Å². The van der Waals surface area contributed by atoms with Crippen LogP contribution in [0.3, 0.4) is 0 Å². The normalized spacial score (nSPS) is 10.6. The predicted octanol–water partition coefficient (Wildman–Crippen LogP) is 3.01. The van der Waals surface area contributed by atoms with E-state index in [1.807, 2.05) is 12.2 Å². The lowest BCUT2D eigenvalue weighted by atomic mass is 10.1. The number of hydrogen-bond donors (Lipinski definition) is 1. The minimum atomic E-state index is -0.116. The Morgan fingerprint density at radius 2 is 2.25 bits per heavy atom. The molecule has 0 saturated heterocycles. The molecule has 1 aromatic rings. The first-order chi connectivity index (χ1) is 7.72. The summed E-state index contributed by atoms with van der Waals surface area (Å²) in [6.07, 6.45) is 5.38. The Morgan fingerprint density at radius 1 is 1.50 bits per heavy atom. The van der Waals surface area contributed by atoms with Gasteiger partial charge in [-0.05, 0) is 24.1 Å². The number of methoxy groups -OCH3 is 1.